The highest BCUT2D eigenvalue weighted by molar-refractivity contribution is 5.40. The summed E-state index contributed by atoms with van der Waals surface area (Å²) in [5, 5.41) is 3.76. The fourth-order valence-electron chi connectivity index (χ4n) is 3.08. The average molecular weight is 259 g/mol. The lowest BCUT2D eigenvalue weighted by Gasteiger charge is -2.21. The van der Waals surface area contributed by atoms with Crippen LogP contribution < -0.4 is 10.1 Å². The second kappa shape index (κ2) is 5.54. The molecule has 1 aromatic rings. The molecule has 1 aliphatic carbocycles. The van der Waals surface area contributed by atoms with Crippen molar-refractivity contribution in [3.63, 3.8) is 0 Å². The molecule has 1 fully saturated rings. The Kier molecular flexibility index (Phi) is 3.79. The van der Waals surface area contributed by atoms with Crippen LogP contribution in [0.2, 0.25) is 0 Å². The minimum absolute atomic E-state index is 0.493. The molecule has 1 saturated carbocycles. The quantitative estimate of drug-likeness (QED) is 0.841. The van der Waals surface area contributed by atoms with Gasteiger partial charge in [-0.25, -0.2) is 0 Å². The number of ether oxygens (including phenoxy) is 1. The van der Waals surface area contributed by atoms with E-state index in [-0.39, 0.29) is 0 Å². The maximum absolute atomic E-state index is 5.58. The molecule has 2 nitrogen and oxygen atoms in total. The maximum atomic E-state index is 5.58. The number of hydrogen-bond acceptors (Lipinski definition) is 2. The molecule has 2 atom stereocenters. The van der Waals surface area contributed by atoms with E-state index in [1.54, 1.807) is 0 Å². The predicted molar refractivity (Wildman–Crippen MR) is 78.6 cm³/mol. The van der Waals surface area contributed by atoms with E-state index < -0.39 is 0 Å². The van der Waals surface area contributed by atoms with Crippen molar-refractivity contribution in [2.45, 2.75) is 45.6 Å². The molecule has 0 radical (unpaired) electrons. The van der Waals surface area contributed by atoms with Crippen molar-refractivity contribution >= 4 is 0 Å². The Morgan fingerprint density at radius 2 is 2.21 bits per heavy atom. The predicted octanol–water partition coefficient (Wildman–Crippen LogP) is 3.71. The first-order valence-corrected chi connectivity index (χ1v) is 7.77. The van der Waals surface area contributed by atoms with Crippen LogP contribution in [0.25, 0.3) is 0 Å². The van der Waals surface area contributed by atoms with Crippen molar-refractivity contribution < 1.29 is 4.74 Å². The second-order valence-electron chi connectivity index (χ2n) is 6.15. The van der Waals surface area contributed by atoms with E-state index in [9.17, 15) is 0 Å². The summed E-state index contributed by atoms with van der Waals surface area (Å²) in [5.74, 6) is 2.90. The third kappa shape index (κ3) is 2.94. The Morgan fingerprint density at radius 1 is 1.37 bits per heavy atom. The van der Waals surface area contributed by atoms with Crippen LogP contribution in [-0.2, 0) is 6.42 Å². The monoisotopic (exact) mass is 259 g/mol. The number of hydrogen-bond donors (Lipinski definition) is 1. The Labute approximate surface area is 116 Å². The highest BCUT2D eigenvalue weighted by Gasteiger charge is 2.28. The number of fused-ring (bicyclic) bond motifs is 1. The van der Waals surface area contributed by atoms with E-state index in [0.717, 1.165) is 43.6 Å². The Morgan fingerprint density at radius 3 is 2.95 bits per heavy atom. The van der Waals surface area contributed by atoms with Gasteiger partial charge in [-0.1, -0.05) is 26.0 Å². The van der Waals surface area contributed by atoms with Gasteiger partial charge in [0.1, 0.15) is 5.75 Å². The number of benzene rings is 1. The summed E-state index contributed by atoms with van der Waals surface area (Å²) < 4.78 is 5.58. The van der Waals surface area contributed by atoms with Crippen molar-refractivity contribution in [3.8, 4) is 5.75 Å². The molecule has 2 heteroatoms. The van der Waals surface area contributed by atoms with Crippen molar-refractivity contribution in [3.05, 3.63) is 29.3 Å². The van der Waals surface area contributed by atoms with Gasteiger partial charge in [0, 0.05) is 12.5 Å². The van der Waals surface area contributed by atoms with Crippen molar-refractivity contribution in [1.29, 1.82) is 0 Å². The molecule has 1 aromatic carbocycles. The smallest absolute Gasteiger partial charge is 0.122 e. The lowest BCUT2D eigenvalue weighted by molar-refractivity contribution is 0.356. The van der Waals surface area contributed by atoms with Crippen LogP contribution in [0.4, 0.5) is 0 Å². The van der Waals surface area contributed by atoms with Crippen LogP contribution in [0.5, 0.6) is 5.75 Å². The van der Waals surface area contributed by atoms with Gasteiger partial charge in [-0.2, -0.15) is 0 Å². The van der Waals surface area contributed by atoms with Gasteiger partial charge in [0.25, 0.3) is 0 Å². The van der Waals surface area contributed by atoms with Gasteiger partial charge < -0.3 is 10.1 Å². The van der Waals surface area contributed by atoms with Gasteiger partial charge in [-0.3, -0.25) is 0 Å². The van der Waals surface area contributed by atoms with Gasteiger partial charge in [-0.05, 0) is 54.8 Å². The molecule has 0 amide bonds. The van der Waals surface area contributed by atoms with Crippen LogP contribution in [0.15, 0.2) is 18.2 Å². The topological polar surface area (TPSA) is 21.3 Å². The van der Waals surface area contributed by atoms with Crippen molar-refractivity contribution in [1.82, 2.24) is 5.32 Å². The molecule has 0 saturated heterocycles. The second-order valence-corrected chi connectivity index (χ2v) is 6.15. The molecule has 104 valence electrons. The summed E-state index contributed by atoms with van der Waals surface area (Å²) in [6, 6.07) is 7.21. The molecule has 0 bridgehead atoms. The zero-order valence-electron chi connectivity index (χ0n) is 12.1. The van der Waals surface area contributed by atoms with Crippen LogP contribution in [0.3, 0.4) is 0 Å². The standard InChI is InChI=1S/C17H25NO/c1-3-16(18-11-12(2)13-4-5-13)14-6-7-17-15(10-14)8-9-19-17/h6-7,10,12-13,16,18H,3-5,8-9,11H2,1-2H3. The lowest BCUT2D eigenvalue weighted by atomic mass is 9.99. The molecular weight excluding hydrogens is 234 g/mol. The summed E-state index contributed by atoms with van der Waals surface area (Å²) in [7, 11) is 0. The molecule has 19 heavy (non-hydrogen) atoms. The molecule has 3 rings (SSSR count). The molecule has 0 aromatic heterocycles. The molecule has 0 spiro atoms. The van der Waals surface area contributed by atoms with E-state index in [1.807, 2.05) is 0 Å². The van der Waals surface area contributed by atoms with Gasteiger partial charge in [0.2, 0.25) is 0 Å². The van der Waals surface area contributed by atoms with Gasteiger partial charge >= 0.3 is 0 Å². The van der Waals surface area contributed by atoms with Crippen LogP contribution in [-0.4, -0.2) is 13.2 Å². The maximum Gasteiger partial charge on any atom is 0.122 e. The summed E-state index contributed by atoms with van der Waals surface area (Å²) >= 11 is 0. The van der Waals surface area contributed by atoms with E-state index in [0.29, 0.717) is 6.04 Å². The first-order valence-electron chi connectivity index (χ1n) is 7.77. The molecule has 2 unspecified atom stereocenters. The Bertz CT molecular complexity index is 439. The van der Waals surface area contributed by atoms with Crippen molar-refractivity contribution in [2.24, 2.45) is 11.8 Å². The summed E-state index contributed by atoms with van der Waals surface area (Å²) in [4.78, 5) is 0. The van der Waals surface area contributed by atoms with E-state index in [1.165, 1.54) is 24.0 Å². The van der Waals surface area contributed by atoms with Crippen LogP contribution >= 0.6 is 0 Å². The molecule has 1 heterocycles. The normalized spacial score (nSPS) is 20.7. The largest absolute Gasteiger partial charge is 0.493 e. The van der Waals surface area contributed by atoms with Crippen LogP contribution in [0.1, 0.15) is 50.3 Å². The fourth-order valence-corrected chi connectivity index (χ4v) is 3.08. The zero-order valence-corrected chi connectivity index (χ0v) is 12.1. The fraction of sp³-hybridized carbons (Fsp3) is 0.647. The zero-order chi connectivity index (χ0) is 13.2. The Hall–Kier alpha value is -1.02. The molecule has 1 aliphatic heterocycles. The first kappa shape index (κ1) is 13.0. The summed E-state index contributed by atoms with van der Waals surface area (Å²) in [5.41, 5.74) is 2.81. The highest BCUT2D eigenvalue weighted by Crippen LogP contribution is 2.36. The highest BCUT2D eigenvalue weighted by atomic mass is 16.5. The SMILES string of the molecule is CCC(NCC(C)C1CC1)c1ccc2c(c1)CCO2. The van der Waals surface area contributed by atoms with Crippen molar-refractivity contribution in [2.75, 3.05) is 13.2 Å². The summed E-state index contributed by atoms with van der Waals surface area (Å²) in [6.45, 7) is 6.65. The molecule has 1 N–H and O–H groups in total. The first-order chi connectivity index (χ1) is 9.28. The lowest BCUT2D eigenvalue weighted by Crippen LogP contribution is -2.26. The van der Waals surface area contributed by atoms with E-state index in [2.05, 4.69) is 37.4 Å². The van der Waals surface area contributed by atoms with Gasteiger partial charge in [0.15, 0.2) is 0 Å². The molecular formula is C17H25NO. The average Bonchev–Trinajstić information content (AvgIpc) is 3.17. The summed E-state index contributed by atoms with van der Waals surface area (Å²) in [6.07, 6.45) is 5.10. The minimum atomic E-state index is 0.493. The Balaban J connectivity index is 1.64. The number of rotatable bonds is 6. The van der Waals surface area contributed by atoms with Gasteiger partial charge in [-0.15, -0.1) is 0 Å². The van der Waals surface area contributed by atoms with E-state index >= 15 is 0 Å². The van der Waals surface area contributed by atoms with Gasteiger partial charge in [0.05, 0.1) is 6.61 Å². The molecule has 2 aliphatic rings. The third-order valence-electron chi connectivity index (χ3n) is 4.64. The minimum Gasteiger partial charge on any atom is -0.493 e. The number of nitrogens with one attached hydrogen (secondary N) is 1. The van der Waals surface area contributed by atoms with Crippen LogP contribution in [0, 0.1) is 11.8 Å². The van der Waals surface area contributed by atoms with E-state index in [4.69, 9.17) is 4.74 Å². The third-order valence-corrected chi connectivity index (χ3v) is 4.64.